The van der Waals surface area contributed by atoms with Gasteiger partial charge in [0.25, 0.3) is 17.4 Å². The predicted octanol–water partition coefficient (Wildman–Crippen LogP) is 11.4. The molecule has 0 bridgehead atoms. The Kier molecular flexibility index (Phi) is 11.7. The Morgan fingerprint density at radius 3 is 0.863 bits per heavy atom. The van der Waals surface area contributed by atoms with Crippen molar-refractivity contribution < 1.29 is 38.3 Å². The van der Waals surface area contributed by atoms with Crippen LogP contribution in [0.3, 0.4) is 0 Å². The molecule has 0 aromatic carbocycles. The van der Waals surface area contributed by atoms with Gasteiger partial charge in [0.15, 0.2) is 0 Å². The third-order valence-corrected chi connectivity index (χ3v) is 11.6. The summed E-state index contributed by atoms with van der Waals surface area (Å²) in [5.41, 5.74) is -2.14. The van der Waals surface area contributed by atoms with Gasteiger partial charge in [0.2, 0.25) is 5.41 Å². The fraction of sp³-hybridized carbons (Fsp3) is 0.651. The topological polar surface area (TPSA) is 92.7 Å². The van der Waals surface area contributed by atoms with Crippen molar-refractivity contribution in [3.05, 3.63) is 83.2 Å². The van der Waals surface area contributed by atoms with Gasteiger partial charge >= 0.3 is 5.97 Å². The number of carbonyl (C=O) groups is 1. The highest BCUT2D eigenvalue weighted by Crippen LogP contribution is 2.67. The minimum Gasteiger partial charge on any atom is -0.478 e. The van der Waals surface area contributed by atoms with Crippen LogP contribution in [0.15, 0.2) is 83.2 Å². The number of allylic oxidation sites excluding steroid dienone is 12. The number of hydrogen-bond donors (Lipinski definition) is 1. The molecule has 0 heterocycles. The second kappa shape index (κ2) is 16.0. The van der Waals surface area contributed by atoms with Crippen LogP contribution >= 0.6 is 0 Å². The van der Waals surface area contributed by atoms with Crippen LogP contribution in [0.25, 0.3) is 0 Å². The summed E-state index contributed by atoms with van der Waals surface area (Å²) in [5, 5.41) is 11.5. The van der Waals surface area contributed by atoms with E-state index in [-0.39, 0.29) is 24.8 Å². The van der Waals surface area contributed by atoms with Gasteiger partial charge in [0, 0.05) is 57.8 Å². The smallest absolute Gasteiger partial charge is 0.332 e. The zero-order valence-electron chi connectivity index (χ0n) is 31.3. The van der Waals surface area contributed by atoms with Crippen molar-refractivity contribution in [3.63, 3.8) is 0 Å². The molecule has 6 aliphatic rings. The van der Waals surface area contributed by atoms with E-state index < -0.39 is 28.7 Å². The Morgan fingerprint density at radius 2 is 0.725 bits per heavy atom. The molecule has 8 heteroatoms. The first kappa shape index (κ1) is 37.2. The summed E-state index contributed by atoms with van der Waals surface area (Å²) in [6.45, 7) is 10.5. The lowest BCUT2D eigenvalue weighted by molar-refractivity contribution is -0.435. The van der Waals surface area contributed by atoms with E-state index in [1.807, 2.05) is 20.8 Å². The minimum absolute atomic E-state index is 0.181. The van der Waals surface area contributed by atoms with Crippen molar-refractivity contribution in [1.82, 2.24) is 0 Å². The summed E-state index contributed by atoms with van der Waals surface area (Å²) in [7, 11) is 0. The van der Waals surface area contributed by atoms with Gasteiger partial charge in [0.05, 0.1) is 40.1 Å². The maximum atomic E-state index is 14.1. The van der Waals surface area contributed by atoms with E-state index in [1.165, 1.54) is 0 Å². The normalized spacial score (nSPS) is 21.0. The molecular formula is C43H60O8. The highest BCUT2D eigenvalue weighted by Gasteiger charge is 2.84. The van der Waals surface area contributed by atoms with Gasteiger partial charge in [-0.3, -0.25) is 0 Å². The number of carboxylic acids is 1. The monoisotopic (exact) mass is 704 g/mol. The van der Waals surface area contributed by atoms with E-state index >= 15 is 0 Å². The van der Waals surface area contributed by atoms with Crippen LogP contribution in [0.2, 0.25) is 0 Å². The molecule has 0 aromatic heterocycles. The molecule has 0 saturated heterocycles. The number of rotatable bonds is 20. The SMILES string of the molecule is C=C(C(=O)O)C(C(CC)(OC1=CCCC1)OC1=CCCC1)(C(CC)(OC1=CCCC1)OC1=CCCC1)C(CC)(OC1=CCCC1)OC1=CCCC1. The van der Waals surface area contributed by atoms with Gasteiger partial charge in [0.1, 0.15) is 0 Å². The quantitative estimate of drug-likeness (QED) is 0.0989. The lowest BCUT2D eigenvalue weighted by Crippen LogP contribution is -2.77. The third-order valence-electron chi connectivity index (χ3n) is 11.6. The first-order valence-electron chi connectivity index (χ1n) is 20.0. The van der Waals surface area contributed by atoms with E-state index in [0.717, 1.165) is 112 Å². The molecule has 51 heavy (non-hydrogen) atoms. The lowest BCUT2D eigenvalue weighted by atomic mass is 9.58. The Labute approximate surface area is 305 Å². The first-order valence-corrected chi connectivity index (χ1v) is 20.0. The number of aliphatic carboxylic acids is 1. The zero-order valence-corrected chi connectivity index (χ0v) is 31.3. The van der Waals surface area contributed by atoms with Crippen molar-refractivity contribution in [2.24, 2.45) is 5.41 Å². The molecule has 6 aliphatic carbocycles. The van der Waals surface area contributed by atoms with E-state index in [2.05, 4.69) is 43.0 Å². The number of carboxylic acid groups (broad SMARTS) is 1. The van der Waals surface area contributed by atoms with E-state index in [4.69, 9.17) is 28.4 Å². The summed E-state index contributed by atoms with van der Waals surface area (Å²) < 4.78 is 44.4. The van der Waals surface area contributed by atoms with Crippen LogP contribution in [-0.4, -0.2) is 28.4 Å². The van der Waals surface area contributed by atoms with Gasteiger partial charge in [-0.15, -0.1) is 0 Å². The second-order valence-electron chi connectivity index (χ2n) is 14.8. The zero-order chi connectivity index (χ0) is 36.0. The molecule has 1 N–H and O–H groups in total. The van der Waals surface area contributed by atoms with Crippen LogP contribution < -0.4 is 0 Å². The van der Waals surface area contributed by atoms with Crippen molar-refractivity contribution in [1.29, 1.82) is 0 Å². The van der Waals surface area contributed by atoms with Crippen LogP contribution in [0.4, 0.5) is 0 Å². The molecule has 0 amide bonds. The van der Waals surface area contributed by atoms with Crippen molar-refractivity contribution in [2.75, 3.05) is 0 Å². The minimum atomic E-state index is -1.95. The third kappa shape index (κ3) is 7.01. The van der Waals surface area contributed by atoms with Gasteiger partial charge in [-0.25, -0.2) is 4.79 Å². The Hall–Kier alpha value is -3.55. The highest BCUT2D eigenvalue weighted by atomic mass is 16.8. The molecule has 280 valence electrons. The molecule has 6 rings (SSSR count). The molecule has 0 aliphatic heterocycles. The Bertz CT molecular complexity index is 1260. The van der Waals surface area contributed by atoms with Gasteiger partial charge in [-0.1, -0.05) is 27.4 Å². The number of ether oxygens (including phenoxy) is 6. The maximum absolute atomic E-state index is 14.1. The summed E-state index contributed by atoms with van der Waals surface area (Å²) in [6, 6.07) is 0. The summed E-state index contributed by atoms with van der Waals surface area (Å²) in [6.07, 6.45) is 28.3. The molecule has 0 unspecified atom stereocenters. The maximum Gasteiger partial charge on any atom is 0.332 e. The predicted molar refractivity (Wildman–Crippen MR) is 196 cm³/mol. The molecule has 0 atom stereocenters. The van der Waals surface area contributed by atoms with Crippen LogP contribution in [0, 0.1) is 5.41 Å². The molecule has 0 saturated carbocycles. The average Bonchev–Trinajstić information content (AvgIpc) is 3.98. The first-order chi connectivity index (χ1) is 24.8. The van der Waals surface area contributed by atoms with Crippen molar-refractivity contribution in [3.8, 4) is 0 Å². The largest absolute Gasteiger partial charge is 0.478 e. The Morgan fingerprint density at radius 1 is 0.510 bits per heavy atom. The standard InChI is InChI=1S/C43H60O8/c1-5-40(46-33-20-8-9-21-33,47-34-22-10-11-23-34)43(32(4)39(44)45,41(6-2,48-35-24-12-13-25-35)49-36-26-14-15-27-36)42(7-3,50-37-28-16-17-29-37)51-38-30-18-19-31-38/h20,22,24,26,28,30H,4-19,21,23,25,27,29,31H2,1-3H3,(H,44,45). The number of hydrogen-bond acceptors (Lipinski definition) is 7. The van der Waals surface area contributed by atoms with E-state index in [0.29, 0.717) is 38.5 Å². The molecule has 0 aromatic rings. The van der Waals surface area contributed by atoms with Crippen LogP contribution in [0.1, 0.15) is 156 Å². The lowest BCUT2D eigenvalue weighted by Gasteiger charge is -2.62. The fourth-order valence-electron chi connectivity index (χ4n) is 9.15. The van der Waals surface area contributed by atoms with Gasteiger partial charge in [-0.2, -0.15) is 0 Å². The highest BCUT2D eigenvalue weighted by molar-refractivity contribution is 5.88. The van der Waals surface area contributed by atoms with Gasteiger partial charge in [-0.05, 0) is 114 Å². The van der Waals surface area contributed by atoms with Crippen LogP contribution in [0.5, 0.6) is 0 Å². The summed E-state index contributed by atoms with van der Waals surface area (Å²) in [4.78, 5) is 14.1. The molecule has 0 fully saturated rings. The van der Waals surface area contributed by atoms with E-state index in [1.54, 1.807) is 0 Å². The fourth-order valence-corrected chi connectivity index (χ4v) is 9.15. The average molecular weight is 705 g/mol. The van der Waals surface area contributed by atoms with Crippen molar-refractivity contribution >= 4 is 5.97 Å². The van der Waals surface area contributed by atoms with Crippen molar-refractivity contribution in [2.45, 2.75) is 173 Å². The molecule has 0 spiro atoms. The molecular weight excluding hydrogens is 644 g/mol. The summed E-state index contributed by atoms with van der Waals surface area (Å²) >= 11 is 0. The van der Waals surface area contributed by atoms with Gasteiger partial charge < -0.3 is 33.5 Å². The Balaban J connectivity index is 1.76. The van der Waals surface area contributed by atoms with Crippen LogP contribution in [-0.2, 0) is 33.2 Å². The molecule has 8 nitrogen and oxygen atoms in total. The second-order valence-corrected chi connectivity index (χ2v) is 14.8. The molecule has 0 radical (unpaired) electrons. The summed E-state index contributed by atoms with van der Waals surface area (Å²) in [5.74, 6) is -1.92. The van der Waals surface area contributed by atoms with E-state index in [9.17, 15) is 9.90 Å².